The lowest BCUT2D eigenvalue weighted by Crippen LogP contribution is -2.19. The maximum absolute atomic E-state index is 12.9. The number of fused-ring (bicyclic) bond motifs is 1. The highest BCUT2D eigenvalue weighted by atomic mass is 16.5. The van der Waals surface area contributed by atoms with Gasteiger partial charge in [-0.1, -0.05) is 30.3 Å². The second kappa shape index (κ2) is 7.13. The molecule has 0 aliphatic rings. The zero-order valence-corrected chi connectivity index (χ0v) is 14.1. The van der Waals surface area contributed by atoms with Crippen LogP contribution in [-0.2, 0) is 4.74 Å². The van der Waals surface area contributed by atoms with Gasteiger partial charge in [0.2, 0.25) is 0 Å². The Balaban J connectivity index is 2.00. The number of hydrogen-bond acceptors (Lipinski definition) is 4. The summed E-state index contributed by atoms with van der Waals surface area (Å²) in [6.45, 7) is 3.77. The number of hydrogen-bond donors (Lipinski definition) is 1. The third-order valence-corrected chi connectivity index (χ3v) is 3.88. The third-order valence-electron chi connectivity index (χ3n) is 3.88. The monoisotopic (exact) mass is 334 g/mol. The summed E-state index contributed by atoms with van der Waals surface area (Å²) < 4.78 is 5.06. The molecule has 3 rings (SSSR count). The molecular formula is C20H18N2O3. The van der Waals surface area contributed by atoms with E-state index in [2.05, 4.69) is 10.3 Å². The SMILES string of the molecule is CCOC(=O)c1cccc(C)c1C(=O)Nc1cccc2cccnc12. The van der Waals surface area contributed by atoms with Crippen LogP contribution in [0.4, 0.5) is 5.69 Å². The van der Waals surface area contributed by atoms with E-state index < -0.39 is 5.97 Å². The lowest BCUT2D eigenvalue weighted by molar-refractivity contribution is 0.0523. The summed E-state index contributed by atoms with van der Waals surface area (Å²) in [5.74, 6) is -0.869. The highest BCUT2D eigenvalue weighted by Gasteiger charge is 2.20. The minimum atomic E-state index is -0.507. The maximum atomic E-state index is 12.9. The van der Waals surface area contributed by atoms with E-state index in [9.17, 15) is 9.59 Å². The minimum absolute atomic E-state index is 0.251. The number of benzene rings is 2. The highest BCUT2D eigenvalue weighted by molar-refractivity contribution is 6.14. The number of carbonyl (C=O) groups is 2. The molecule has 0 saturated carbocycles. The Morgan fingerprint density at radius 3 is 2.64 bits per heavy atom. The van der Waals surface area contributed by atoms with E-state index in [-0.39, 0.29) is 18.1 Å². The van der Waals surface area contributed by atoms with E-state index in [0.29, 0.717) is 22.3 Å². The summed E-state index contributed by atoms with van der Waals surface area (Å²) in [6, 6.07) is 14.5. The van der Waals surface area contributed by atoms with Crippen molar-refractivity contribution < 1.29 is 14.3 Å². The number of esters is 1. The van der Waals surface area contributed by atoms with Crippen LogP contribution in [0.25, 0.3) is 10.9 Å². The summed E-state index contributed by atoms with van der Waals surface area (Å²) in [5, 5.41) is 3.80. The molecule has 2 aromatic carbocycles. The molecule has 0 bridgehead atoms. The highest BCUT2D eigenvalue weighted by Crippen LogP contribution is 2.23. The van der Waals surface area contributed by atoms with Gasteiger partial charge in [0.25, 0.3) is 5.91 Å². The molecule has 126 valence electrons. The van der Waals surface area contributed by atoms with Crippen LogP contribution in [0.3, 0.4) is 0 Å². The van der Waals surface area contributed by atoms with Crippen molar-refractivity contribution in [3.05, 3.63) is 71.4 Å². The van der Waals surface area contributed by atoms with Crippen molar-refractivity contribution in [3.63, 3.8) is 0 Å². The third kappa shape index (κ3) is 3.35. The van der Waals surface area contributed by atoms with Crippen LogP contribution < -0.4 is 5.32 Å². The molecule has 0 unspecified atom stereocenters. The number of anilines is 1. The number of ether oxygens (including phenoxy) is 1. The van der Waals surface area contributed by atoms with Crippen LogP contribution in [0.2, 0.25) is 0 Å². The van der Waals surface area contributed by atoms with Crippen LogP contribution in [-0.4, -0.2) is 23.5 Å². The Kier molecular flexibility index (Phi) is 4.75. The first kappa shape index (κ1) is 16.6. The fourth-order valence-electron chi connectivity index (χ4n) is 2.74. The van der Waals surface area contributed by atoms with Crippen LogP contribution in [0, 0.1) is 6.92 Å². The van der Waals surface area contributed by atoms with Gasteiger partial charge in [-0.2, -0.15) is 0 Å². The van der Waals surface area contributed by atoms with Crippen molar-refractivity contribution in [2.24, 2.45) is 0 Å². The first-order chi connectivity index (χ1) is 12.1. The number of aromatic nitrogens is 1. The number of nitrogens with zero attached hydrogens (tertiary/aromatic N) is 1. The molecule has 1 N–H and O–H groups in total. The van der Waals surface area contributed by atoms with E-state index in [4.69, 9.17) is 4.74 Å². The Labute approximate surface area is 145 Å². The number of pyridine rings is 1. The summed E-state index contributed by atoms with van der Waals surface area (Å²) in [7, 11) is 0. The lowest BCUT2D eigenvalue weighted by Gasteiger charge is -2.13. The minimum Gasteiger partial charge on any atom is -0.462 e. The molecule has 0 radical (unpaired) electrons. The van der Waals surface area contributed by atoms with E-state index in [0.717, 1.165) is 5.39 Å². The van der Waals surface area contributed by atoms with Gasteiger partial charge in [-0.25, -0.2) is 4.79 Å². The molecule has 0 aliphatic carbocycles. The van der Waals surface area contributed by atoms with E-state index in [1.54, 1.807) is 44.3 Å². The first-order valence-corrected chi connectivity index (χ1v) is 8.03. The molecule has 0 aliphatic heterocycles. The largest absolute Gasteiger partial charge is 0.462 e. The van der Waals surface area contributed by atoms with Crippen molar-refractivity contribution >= 4 is 28.5 Å². The Morgan fingerprint density at radius 2 is 1.84 bits per heavy atom. The van der Waals surface area contributed by atoms with Crippen molar-refractivity contribution in [1.29, 1.82) is 0 Å². The average Bonchev–Trinajstić information content (AvgIpc) is 2.62. The Morgan fingerprint density at radius 1 is 1.08 bits per heavy atom. The molecule has 1 amide bonds. The van der Waals surface area contributed by atoms with Crippen LogP contribution in [0.1, 0.15) is 33.2 Å². The van der Waals surface area contributed by atoms with Crippen LogP contribution >= 0.6 is 0 Å². The fourth-order valence-corrected chi connectivity index (χ4v) is 2.74. The van der Waals surface area contributed by atoms with Crippen LogP contribution in [0.15, 0.2) is 54.7 Å². The van der Waals surface area contributed by atoms with Crippen molar-refractivity contribution in [2.45, 2.75) is 13.8 Å². The molecular weight excluding hydrogens is 316 g/mol. The van der Waals surface area contributed by atoms with E-state index in [1.807, 2.05) is 24.3 Å². The molecule has 3 aromatic rings. The zero-order valence-electron chi connectivity index (χ0n) is 14.1. The van der Waals surface area contributed by atoms with Gasteiger partial charge in [-0.3, -0.25) is 9.78 Å². The molecule has 0 saturated heterocycles. The Bertz CT molecular complexity index is 945. The molecule has 25 heavy (non-hydrogen) atoms. The summed E-state index contributed by atoms with van der Waals surface area (Å²) in [4.78, 5) is 29.4. The van der Waals surface area contributed by atoms with Gasteiger partial charge in [0.1, 0.15) is 0 Å². The normalized spacial score (nSPS) is 10.5. The summed E-state index contributed by atoms with van der Waals surface area (Å²) in [5.41, 5.74) is 2.57. The summed E-state index contributed by atoms with van der Waals surface area (Å²) in [6.07, 6.45) is 1.68. The predicted octanol–water partition coefficient (Wildman–Crippen LogP) is 3.97. The molecule has 0 fully saturated rings. The van der Waals surface area contributed by atoms with Gasteiger partial charge in [0.05, 0.1) is 28.9 Å². The van der Waals surface area contributed by atoms with Gasteiger partial charge < -0.3 is 10.1 Å². The molecule has 1 aromatic heterocycles. The van der Waals surface area contributed by atoms with Crippen molar-refractivity contribution in [2.75, 3.05) is 11.9 Å². The van der Waals surface area contributed by atoms with Gasteiger partial charge >= 0.3 is 5.97 Å². The Hall–Kier alpha value is -3.21. The zero-order chi connectivity index (χ0) is 17.8. The molecule has 1 heterocycles. The number of aryl methyl sites for hydroxylation is 1. The van der Waals surface area contributed by atoms with Crippen molar-refractivity contribution in [1.82, 2.24) is 4.98 Å². The van der Waals surface area contributed by atoms with E-state index in [1.165, 1.54) is 0 Å². The molecule has 0 atom stereocenters. The fraction of sp³-hybridized carbons (Fsp3) is 0.150. The van der Waals surface area contributed by atoms with Gasteiger partial charge in [0, 0.05) is 11.6 Å². The standard InChI is InChI=1S/C20H18N2O3/c1-3-25-20(24)15-10-4-7-13(2)17(15)19(23)22-16-11-5-8-14-9-6-12-21-18(14)16/h4-12H,3H2,1-2H3,(H,22,23). The van der Waals surface area contributed by atoms with Crippen molar-refractivity contribution in [3.8, 4) is 0 Å². The number of rotatable bonds is 4. The summed E-state index contributed by atoms with van der Waals surface area (Å²) >= 11 is 0. The predicted molar refractivity (Wildman–Crippen MR) is 96.8 cm³/mol. The average molecular weight is 334 g/mol. The number of para-hydroxylation sites is 1. The van der Waals surface area contributed by atoms with E-state index >= 15 is 0 Å². The topological polar surface area (TPSA) is 68.3 Å². The van der Waals surface area contributed by atoms with Gasteiger partial charge in [-0.05, 0) is 37.6 Å². The van der Waals surface area contributed by atoms with Crippen LogP contribution in [0.5, 0.6) is 0 Å². The van der Waals surface area contributed by atoms with Gasteiger partial charge in [-0.15, -0.1) is 0 Å². The first-order valence-electron chi connectivity index (χ1n) is 8.03. The molecule has 5 nitrogen and oxygen atoms in total. The molecule has 0 spiro atoms. The number of nitrogens with one attached hydrogen (secondary N) is 1. The maximum Gasteiger partial charge on any atom is 0.338 e. The lowest BCUT2D eigenvalue weighted by atomic mass is 10.0. The molecule has 5 heteroatoms. The second-order valence-electron chi connectivity index (χ2n) is 5.55. The smallest absolute Gasteiger partial charge is 0.338 e. The number of carbonyl (C=O) groups excluding carboxylic acids is 2. The second-order valence-corrected chi connectivity index (χ2v) is 5.55. The van der Waals surface area contributed by atoms with Gasteiger partial charge in [0.15, 0.2) is 0 Å². The number of amides is 1. The quantitative estimate of drug-likeness (QED) is 0.733.